The summed E-state index contributed by atoms with van der Waals surface area (Å²) in [6.07, 6.45) is -2.81. The fourth-order valence-electron chi connectivity index (χ4n) is 2.64. The molecular weight excluding hydrogens is 268 g/mol. The van der Waals surface area contributed by atoms with Crippen LogP contribution in [0, 0.1) is 0 Å². The van der Waals surface area contributed by atoms with Crippen LogP contribution >= 0.6 is 0 Å². The molecule has 0 bridgehead atoms. The van der Waals surface area contributed by atoms with Crippen LogP contribution in [0.15, 0.2) is 11.1 Å². The van der Waals surface area contributed by atoms with E-state index < -0.39 is 31.1 Å². The Labute approximate surface area is 114 Å². The highest BCUT2D eigenvalue weighted by atomic mass is 16.6. The maximum absolute atomic E-state index is 11.8. The lowest BCUT2D eigenvalue weighted by atomic mass is 10.1. The molecule has 20 heavy (non-hydrogen) atoms. The Bertz CT molecular complexity index is 564. The van der Waals surface area contributed by atoms with Crippen LogP contribution in [-0.4, -0.2) is 70.2 Å². The average Bonchev–Trinajstić information content (AvgIpc) is 2.90. The number of rotatable bonds is 2. The van der Waals surface area contributed by atoms with Crippen LogP contribution in [0.3, 0.4) is 0 Å². The molecule has 0 aromatic carbocycles. The third-order valence-corrected chi connectivity index (χ3v) is 3.65. The van der Waals surface area contributed by atoms with Crippen LogP contribution in [0.2, 0.25) is 0 Å². The van der Waals surface area contributed by atoms with Gasteiger partial charge in [0, 0.05) is 7.05 Å². The molecule has 3 heterocycles. The number of anilines is 2. The minimum Gasteiger partial charge on any atom is -0.394 e. The Morgan fingerprint density at radius 1 is 1.50 bits per heavy atom. The summed E-state index contributed by atoms with van der Waals surface area (Å²) in [5.74, 6) is 0.381. The van der Waals surface area contributed by atoms with Gasteiger partial charge in [-0.2, -0.15) is 0 Å². The minimum atomic E-state index is -1.19. The molecule has 1 fully saturated rings. The maximum atomic E-state index is 11.8. The number of aliphatic hydroxyl groups excluding tert-OH is 3. The van der Waals surface area contributed by atoms with E-state index in [4.69, 9.17) is 9.84 Å². The number of fused-ring (bicyclic) bond motifs is 1. The maximum Gasteiger partial charge on any atom is 0.276 e. The first kappa shape index (κ1) is 13.3. The fourth-order valence-corrected chi connectivity index (χ4v) is 2.64. The predicted octanol–water partition coefficient (Wildman–Crippen LogP) is -2.58. The Balaban J connectivity index is 1.95. The van der Waals surface area contributed by atoms with E-state index in [0.717, 1.165) is 0 Å². The van der Waals surface area contributed by atoms with E-state index in [1.54, 1.807) is 16.8 Å². The van der Waals surface area contributed by atoms with Crippen molar-refractivity contribution in [2.45, 2.75) is 24.5 Å². The molecule has 1 aromatic heterocycles. The normalized spacial score (nSPS) is 32.8. The molecule has 2 aliphatic rings. The van der Waals surface area contributed by atoms with Crippen molar-refractivity contribution in [2.24, 2.45) is 0 Å². The van der Waals surface area contributed by atoms with Gasteiger partial charge in [0.1, 0.15) is 24.0 Å². The quantitative estimate of drug-likeness (QED) is 0.467. The highest BCUT2D eigenvalue weighted by Gasteiger charge is 2.48. The molecule has 4 N–H and O–H groups in total. The molecular formula is C11H16N4O5. The first-order valence-corrected chi connectivity index (χ1v) is 6.22. The van der Waals surface area contributed by atoms with Gasteiger partial charge < -0.3 is 34.8 Å². The van der Waals surface area contributed by atoms with Crippen molar-refractivity contribution >= 4 is 11.5 Å². The third-order valence-electron chi connectivity index (χ3n) is 3.65. The molecule has 0 amide bonds. The van der Waals surface area contributed by atoms with E-state index >= 15 is 0 Å². The van der Waals surface area contributed by atoms with Crippen molar-refractivity contribution in [2.75, 3.05) is 30.1 Å². The number of nitrogens with zero attached hydrogens (tertiary/aromatic N) is 3. The van der Waals surface area contributed by atoms with Crippen LogP contribution in [-0.2, 0) is 4.74 Å². The topological polar surface area (TPSA) is 122 Å². The zero-order valence-electron chi connectivity index (χ0n) is 10.8. The second-order valence-corrected chi connectivity index (χ2v) is 4.94. The first-order valence-electron chi connectivity index (χ1n) is 6.22. The van der Waals surface area contributed by atoms with E-state index in [1.165, 1.54) is 6.33 Å². The summed E-state index contributed by atoms with van der Waals surface area (Å²) in [6, 6.07) is 0. The summed E-state index contributed by atoms with van der Waals surface area (Å²) in [6.45, 7) is -0.101. The molecule has 110 valence electrons. The molecule has 0 saturated carbocycles. The fraction of sp³-hybridized carbons (Fsp3) is 0.636. The van der Waals surface area contributed by atoms with Crippen LogP contribution in [0.1, 0.15) is 0 Å². The number of hydrogen-bond acceptors (Lipinski definition) is 8. The van der Waals surface area contributed by atoms with Gasteiger partial charge in [-0.25, -0.2) is 4.98 Å². The molecule has 1 saturated heterocycles. The van der Waals surface area contributed by atoms with Gasteiger partial charge in [0.05, 0.1) is 19.6 Å². The Hall–Kier alpha value is -1.68. The van der Waals surface area contributed by atoms with Crippen molar-refractivity contribution in [1.29, 1.82) is 0 Å². The number of aromatic amines is 1. The highest BCUT2D eigenvalue weighted by Crippen LogP contribution is 2.35. The monoisotopic (exact) mass is 284 g/mol. The Kier molecular flexibility index (Phi) is 3.13. The van der Waals surface area contributed by atoms with E-state index in [-0.39, 0.29) is 5.56 Å². The molecule has 1 aromatic rings. The molecule has 1 unspecified atom stereocenters. The third kappa shape index (κ3) is 1.79. The van der Waals surface area contributed by atoms with Gasteiger partial charge in [-0.1, -0.05) is 0 Å². The largest absolute Gasteiger partial charge is 0.394 e. The SMILES string of the molecule is CN1CN(C2O[C@H](CO)[C@@H](O)[C@H]2O)c2nc[nH]c(=O)c21. The standard InChI is InChI=1S/C11H16N4O5/c1-14-4-15(9-6(14)10(19)13-3-12-9)11-8(18)7(17)5(2-16)20-11/h3,5,7-8,11,16-18H,2,4H2,1H3,(H,12,13,19)/t5-,7-,8-,11?/m1/s1. The molecule has 0 spiro atoms. The average molecular weight is 284 g/mol. The van der Waals surface area contributed by atoms with Gasteiger partial charge in [-0.05, 0) is 0 Å². The molecule has 9 nitrogen and oxygen atoms in total. The molecule has 3 rings (SSSR count). The van der Waals surface area contributed by atoms with E-state index in [9.17, 15) is 15.0 Å². The molecule has 0 aliphatic carbocycles. The van der Waals surface area contributed by atoms with Crippen LogP contribution < -0.4 is 15.4 Å². The number of nitrogens with one attached hydrogen (secondary N) is 1. The molecule has 0 radical (unpaired) electrons. The lowest BCUT2D eigenvalue weighted by molar-refractivity contribution is -0.0221. The van der Waals surface area contributed by atoms with Crippen LogP contribution in [0.5, 0.6) is 0 Å². The van der Waals surface area contributed by atoms with Gasteiger partial charge in [-0.3, -0.25) is 4.79 Å². The predicted molar refractivity (Wildman–Crippen MR) is 68.4 cm³/mol. The minimum absolute atomic E-state index is 0.285. The van der Waals surface area contributed by atoms with Gasteiger partial charge in [0.15, 0.2) is 12.0 Å². The summed E-state index contributed by atoms with van der Waals surface area (Å²) in [5, 5.41) is 28.9. The molecule has 4 atom stereocenters. The number of H-pyrrole nitrogens is 1. The van der Waals surface area contributed by atoms with Crippen molar-refractivity contribution < 1.29 is 20.1 Å². The zero-order valence-corrected chi connectivity index (χ0v) is 10.8. The summed E-state index contributed by atoms with van der Waals surface area (Å²) in [4.78, 5) is 21.6. The van der Waals surface area contributed by atoms with Gasteiger partial charge in [-0.15, -0.1) is 0 Å². The second kappa shape index (κ2) is 4.70. The van der Waals surface area contributed by atoms with Gasteiger partial charge in [0.2, 0.25) is 0 Å². The van der Waals surface area contributed by atoms with Crippen molar-refractivity contribution in [3.63, 3.8) is 0 Å². The van der Waals surface area contributed by atoms with Crippen molar-refractivity contribution in [3.8, 4) is 0 Å². The van der Waals surface area contributed by atoms with Crippen LogP contribution in [0.25, 0.3) is 0 Å². The first-order chi connectivity index (χ1) is 9.54. The van der Waals surface area contributed by atoms with Gasteiger partial charge in [0.25, 0.3) is 5.56 Å². The lowest BCUT2D eigenvalue weighted by Gasteiger charge is -2.27. The lowest BCUT2D eigenvalue weighted by Crippen LogP contribution is -2.45. The number of aliphatic hydroxyl groups is 3. The van der Waals surface area contributed by atoms with E-state index in [1.807, 2.05) is 0 Å². The van der Waals surface area contributed by atoms with Crippen molar-refractivity contribution in [3.05, 3.63) is 16.7 Å². The van der Waals surface area contributed by atoms with Crippen LogP contribution in [0.4, 0.5) is 11.5 Å². The smallest absolute Gasteiger partial charge is 0.276 e. The van der Waals surface area contributed by atoms with Crippen molar-refractivity contribution in [1.82, 2.24) is 9.97 Å². The summed E-state index contributed by atoms with van der Waals surface area (Å²) in [7, 11) is 1.72. The summed E-state index contributed by atoms with van der Waals surface area (Å²) in [5.41, 5.74) is 0.0944. The number of aromatic nitrogens is 2. The zero-order chi connectivity index (χ0) is 14.4. The van der Waals surface area contributed by atoms with Gasteiger partial charge >= 0.3 is 0 Å². The Morgan fingerprint density at radius 2 is 2.25 bits per heavy atom. The number of hydrogen-bond donors (Lipinski definition) is 4. The van der Waals surface area contributed by atoms with E-state index in [0.29, 0.717) is 18.2 Å². The highest BCUT2D eigenvalue weighted by molar-refractivity contribution is 5.71. The molecule has 9 heteroatoms. The molecule has 2 aliphatic heterocycles. The Morgan fingerprint density at radius 3 is 2.90 bits per heavy atom. The summed E-state index contributed by atoms with van der Waals surface area (Å²) < 4.78 is 5.46. The van der Waals surface area contributed by atoms with E-state index in [2.05, 4.69) is 9.97 Å². The summed E-state index contributed by atoms with van der Waals surface area (Å²) >= 11 is 0. The number of ether oxygens (including phenoxy) is 1. The second-order valence-electron chi connectivity index (χ2n) is 4.94.